The Bertz CT molecular complexity index is 848. The van der Waals surface area contributed by atoms with E-state index in [-0.39, 0.29) is 5.69 Å². The summed E-state index contributed by atoms with van der Waals surface area (Å²) in [4.78, 5) is 0. The number of aromatic nitrogens is 2. The van der Waals surface area contributed by atoms with E-state index in [0.717, 1.165) is 38.1 Å². The van der Waals surface area contributed by atoms with Gasteiger partial charge in [0.05, 0.1) is 6.61 Å². The second-order valence-corrected chi connectivity index (χ2v) is 8.70. The lowest BCUT2D eigenvalue weighted by molar-refractivity contribution is -0.991. The van der Waals surface area contributed by atoms with Gasteiger partial charge >= 0.3 is 0 Å². The molecule has 8 heteroatoms. The van der Waals surface area contributed by atoms with Crippen LogP contribution in [0.25, 0.3) is 11.5 Å². The minimum atomic E-state index is -0.954. The van der Waals surface area contributed by atoms with Gasteiger partial charge in [-0.2, -0.15) is 5.23 Å². The summed E-state index contributed by atoms with van der Waals surface area (Å²) in [5.74, 6) is 3.12. The number of methoxy groups -OCH3 is 1. The fourth-order valence-electron chi connectivity index (χ4n) is 4.37. The molecule has 1 heterocycles. The predicted molar refractivity (Wildman–Crippen MR) is 118 cm³/mol. The van der Waals surface area contributed by atoms with E-state index >= 15 is 0 Å². The molecular weight excluding hydrogens is 396 g/mol. The van der Waals surface area contributed by atoms with Crippen LogP contribution < -0.4 is 10.5 Å². The lowest BCUT2D eigenvalue weighted by Gasteiger charge is -2.37. The lowest BCUT2D eigenvalue weighted by atomic mass is 9.70. The van der Waals surface area contributed by atoms with Gasteiger partial charge in [-0.05, 0) is 49.1 Å². The van der Waals surface area contributed by atoms with Gasteiger partial charge in [0.2, 0.25) is 11.8 Å². The smallest absolute Gasteiger partial charge is 0.247 e. The summed E-state index contributed by atoms with van der Waals surface area (Å²) in [5, 5.41) is 31.0. The molecule has 8 nitrogen and oxygen atoms in total. The fraction of sp³-hybridized carbons (Fsp3) is 0.565. The number of nitrogens with one attached hydrogen (secondary N) is 2. The Kier molecular flexibility index (Phi) is 8.34. The van der Waals surface area contributed by atoms with Gasteiger partial charge < -0.3 is 19.7 Å². The van der Waals surface area contributed by atoms with E-state index in [0.29, 0.717) is 35.5 Å². The largest absolute Gasteiger partial charge is 0.595 e. The molecule has 0 fully saturated rings. The molecule has 31 heavy (non-hydrogen) atoms. The third kappa shape index (κ3) is 6.21. The first kappa shape index (κ1) is 23.6. The predicted octanol–water partition coefficient (Wildman–Crippen LogP) is 2.77. The summed E-state index contributed by atoms with van der Waals surface area (Å²) in [6.07, 6.45) is 4.23. The maximum atomic E-state index is 11.0. The zero-order chi connectivity index (χ0) is 22.4. The molecule has 1 aromatic heterocycles. The van der Waals surface area contributed by atoms with Crippen molar-refractivity contribution in [1.82, 2.24) is 15.5 Å². The van der Waals surface area contributed by atoms with Crippen LogP contribution in [0.5, 0.6) is 0 Å². The van der Waals surface area contributed by atoms with E-state index in [4.69, 9.17) is 14.4 Å². The summed E-state index contributed by atoms with van der Waals surface area (Å²) < 4.78 is 11.0. The molecule has 1 aromatic carbocycles. The van der Waals surface area contributed by atoms with Crippen LogP contribution in [0.4, 0.5) is 5.69 Å². The number of rotatable bonds is 10. The molecule has 2 aromatic rings. The van der Waals surface area contributed by atoms with Crippen LogP contribution in [0.1, 0.15) is 33.1 Å². The molecule has 0 radical (unpaired) electrons. The highest BCUT2D eigenvalue weighted by molar-refractivity contribution is 5.55. The highest BCUT2D eigenvalue weighted by atomic mass is 16.8. The molecular formula is C23H34N4O4. The zero-order valence-corrected chi connectivity index (χ0v) is 18.8. The van der Waals surface area contributed by atoms with Crippen molar-refractivity contribution in [3.8, 4) is 11.5 Å². The van der Waals surface area contributed by atoms with Crippen LogP contribution in [0.3, 0.4) is 0 Å². The Balaban J connectivity index is 1.66. The molecule has 1 aliphatic carbocycles. The Hall–Kier alpha value is -2.10. The number of hydrogen-bond donors (Lipinski definition) is 3. The van der Waals surface area contributed by atoms with Crippen LogP contribution >= 0.6 is 0 Å². The van der Waals surface area contributed by atoms with Crippen LogP contribution in [0.2, 0.25) is 0 Å². The molecule has 0 bridgehead atoms. The molecule has 0 saturated heterocycles. The summed E-state index contributed by atoms with van der Waals surface area (Å²) in [6, 6.07) is 6.48. The third-order valence-electron chi connectivity index (χ3n) is 6.21. The topological polar surface area (TPSA) is 108 Å². The minimum absolute atomic E-state index is 0.234. The molecule has 4 atom stereocenters. The van der Waals surface area contributed by atoms with E-state index in [1.54, 1.807) is 31.4 Å². The first-order valence-corrected chi connectivity index (χ1v) is 10.9. The lowest BCUT2D eigenvalue weighted by Crippen LogP contribution is -2.99. The first-order chi connectivity index (χ1) is 14.9. The zero-order valence-electron chi connectivity index (χ0n) is 18.8. The summed E-state index contributed by atoms with van der Waals surface area (Å²) in [5.41, 5.74) is 2.33. The molecule has 170 valence electrons. The van der Waals surface area contributed by atoms with Crippen LogP contribution in [-0.2, 0) is 11.2 Å². The van der Waals surface area contributed by atoms with Gasteiger partial charge in [0.25, 0.3) is 0 Å². The van der Waals surface area contributed by atoms with Gasteiger partial charge in [0, 0.05) is 44.3 Å². The third-order valence-corrected chi connectivity index (χ3v) is 6.21. The Morgan fingerprint density at radius 3 is 2.68 bits per heavy atom. The molecule has 0 spiro atoms. The van der Waals surface area contributed by atoms with Crippen LogP contribution in [0.15, 0.2) is 40.3 Å². The van der Waals surface area contributed by atoms with Crippen molar-refractivity contribution in [1.29, 1.82) is 0 Å². The normalized spacial score (nSPS) is 22.5. The highest BCUT2D eigenvalue weighted by Gasteiger charge is 2.32. The van der Waals surface area contributed by atoms with E-state index in [1.165, 1.54) is 5.57 Å². The number of allylic oxidation sites excluding steroid dienone is 1. The van der Waals surface area contributed by atoms with Gasteiger partial charge in [-0.25, -0.2) is 5.21 Å². The number of quaternary nitrogens is 1. The number of nitrogens with zero attached hydrogens (tertiary/aromatic N) is 2. The standard InChI is InChI=1S/C23H34N4O4/c1-15(2)21-12-18(16(3)11-19(21)14-24-9-10-30-4)13-22-25-26-23(31-22)17-5-7-20(8-6-17)27(28)29/h5-8,11,15,18-19,21,24,27-28H,9-10,12-14H2,1-4H3/t18-,19-,21-/m0/s1. The van der Waals surface area contributed by atoms with Crippen molar-refractivity contribution >= 4 is 5.69 Å². The fourth-order valence-corrected chi connectivity index (χ4v) is 4.37. The first-order valence-electron chi connectivity index (χ1n) is 10.9. The van der Waals surface area contributed by atoms with Gasteiger partial charge in [0.1, 0.15) is 0 Å². The average molecular weight is 431 g/mol. The molecule has 1 unspecified atom stereocenters. The Labute approximate surface area is 183 Å². The Morgan fingerprint density at radius 2 is 2.03 bits per heavy atom. The monoisotopic (exact) mass is 430 g/mol. The van der Waals surface area contributed by atoms with Crippen molar-refractivity contribution in [2.75, 3.05) is 26.8 Å². The average Bonchev–Trinajstić information content (AvgIpc) is 3.21. The van der Waals surface area contributed by atoms with Gasteiger partial charge in [-0.3, -0.25) is 0 Å². The van der Waals surface area contributed by atoms with Gasteiger partial charge in [0.15, 0.2) is 5.69 Å². The summed E-state index contributed by atoms with van der Waals surface area (Å²) >= 11 is 0. The van der Waals surface area contributed by atoms with Crippen LogP contribution in [-0.4, -0.2) is 42.2 Å². The molecule has 1 aliphatic rings. The van der Waals surface area contributed by atoms with Gasteiger partial charge in [-0.15, -0.1) is 10.2 Å². The van der Waals surface area contributed by atoms with Crippen molar-refractivity contribution in [3.05, 3.63) is 47.0 Å². The maximum absolute atomic E-state index is 11.0. The van der Waals surface area contributed by atoms with E-state index < -0.39 is 5.23 Å². The summed E-state index contributed by atoms with van der Waals surface area (Å²) in [6.45, 7) is 9.35. The second kappa shape index (κ2) is 11.0. The van der Waals surface area contributed by atoms with E-state index in [2.05, 4.69) is 42.4 Å². The van der Waals surface area contributed by atoms with Gasteiger partial charge in [-0.1, -0.05) is 25.5 Å². The molecule has 0 saturated carbocycles. The van der Waals surface area contributed by atoms with Crippen molar-refractivity contribution in [2.24, 2.45) is 23.7 Å². The van der Waals surface area contributed by atoms with Crippen LogP contribution in [0, 0.1) is 28.9 Å². The summed E-state index contributed by atoms with van der Waals surface area (Å²) in [7, 11) is 1.72. The number of ether oxygens (including phenoxy) is 1. The Morgan fingerprint density at radius 1 is 1.29 bits per heavy atom. The van der Waals surface area contributed by atoms with Crippen molar-refractivity contribution in [2.45, 2.75) is 33.6 Å². The van der Waals surface area contributed by atoms with E-state index in [9.17, 15) is 5.21 Å². The molecule has 0 aliphatic heterocycles. The molecule has 3 rings (SSSR count). The quantitative estimate of drug-likeness (QED) is 0.302. The highest BCUT2D eigenvalue weighted by Crippen LogP contribution is 2.38. The SMILES string of the molecule is COCCNC[C@@H]1C=C(C)[C@H](Cc2nnc(-c3ccc([NH+]([O-])O)cc3)o2)C[C@H]1C(C)C. The minimum Gasteiger partial charge on any atom is -0.595 e. The molecule has 0 amide bonds. The maximum Gasteiger partial charge on any atom is 0.247 e. The van der Waals surface area contributed by atoms with Crippen molar-refractivity contribution < 1.29 is 19.6 Å². The van der Waals surface area contributed by atoms with E-state index in [1.807, 2.05) is 0 Å². The number of hydrogen-bond acceptors (Lipinski definition) is 7. The van der Waals surface area contributed by atoms with Crippen molar-refractivity contribution in [3.63, 3.8) is 0 Å². The number of benzene rings is 1. The second-order valence-electron chi connectivity index (χ2n) is 8.70. The molecule has 3 N–H and O–H groups in total.